The zero-order valence-electron chi connectivity index (χ0n) is 21.5. The van der Waals surface area contributed by atoms with Gasteiger partial charge in [-0.2, -0.15) is 0 Å². The molecule has 9 heteroatoms. The number of carbonyl (C=O) groups excluding carboxylic acids is 3. The third-order valence-corrected chi connectivity index (χ3v) is 6.28. The van der Waals surface area contributed by atoms with Crippen molar-refractivity contribution in [2.45, 2.75) is 33.4 Å². The van der Waals surface area contributed by atoms with Gasteiger partial charge in [0, 0.05) is 30.4 Å². The van der Waals surface area contributed by atoms with Crippen LogP contribution in [0.1, 0.15) is 29.4 Å². The first-order valence-corrected chi connectivity index (χ1v) is 12.4. The van der Waals surface area contributed by atoms with E-state index in [1.165, 1.54) is 23.0 Å². The maximum atomic E-state index is 13.5. The van der Waals surface area contributed by atoms with Crippen LogP contribution in [0.25, 0.3) is 11.3 Å². The van der Waals surface area contributed by atoms with Crippen molar-refractivity contribution in [1.82, 2.24) is 19.8 Å². The summed E-state index contributed by atoms with van der Waals surface area (Å²) in [6.07, 6.45) is 6.86. The molecule has 3 aromatic heterocycles. The fourth-order valence-electron chi connectivity index (χ4n) is 4.38. The number of imide groups is 1. The van der Waals surface area contributed by atoms with Gasteiger partial charge in [0.15, 0.2) is 5.75 Å². The van der Waals surface area contributed by atoms with E-state index >= 15 is 0 Å². The Morgan fingerprint density at radius 3 is 2.28 bits per heavy atom. The van der Waals surface area contributed by atoms with E-state index in [4.69, 9.17) is 9.15 Å². The number of carbonyl (C=O) groups is 3. The van der Waals surface area contributed by atoms with E-state index in [9.17, 15) is 14.4 Å². The highest BCUT2D eigenvalue weighted by molar-refractivity contribution is 6.11. The Morgan fingerprint density at radius 2 is 1.64 bits per heavy atom. The lowest BCUT2D eigenvalue weighted by Crippen LogP contribution is -2.32. The summed E-state index contributed by atoms with van der Waals surface area (Å²) < 4.78 is 10.9. The van der Waals surface area contributed by atoms with Gasteiger partial charge < -0.3 is 9.15 Å². The highest BCUT2D eigenvalue weighted by Crippen LogP contribution is 2.33. The van der Waals surface area contributed by atoms with Crippen molar-refractivity contribution in [3.63, 3.8) is 0 Å². The molecule has 0 spiro atoms. The van der Waals surface area contributed by atoms with Gasteiger partial charge in [0.25, 0.3) is 5.91 Å². The van der Waals surface area contributed by atoms with Crippen LogP contribution in [0, 0.1) is 6.92 Å². The van der Waals surface area contributed by atoms with Gasteiger partial charge in [0.05, 0.1) is 24.5 Å². The highest BCUT2D eigenvalue weighted by atomic mass is 16.5. The number of nitrogens with zero attached hydrogens (tertiary/aromatic N) is 4. The second-order valence-corrected chi connectivity index (χ2v) is 9.04. The van der Waals surface area contributed by atoms with Crippen LogP contribution >= 0.6 is 0 Å². The fourth-order valence-corrected chi connectivity index (χ4v) is 4.38. The molecule has 5 rings (SSSR count). The average molecular weight is 523 g/mol. The van der Waals surface area contributed by atoms with Gasteiger partial charge in [-0.25, -0.2) is 4.79 Å². The fraction of sp³-hybridized carbons (Fsp3) is 0.167. The molecule has 4 heterocycles. The minimum atomic E-state index is -0.422. The van der Waals surface area contributed by atoms with E-state index in [1.54, 1.807) is 36.7 Å². The number of benzene rings is 1. The minimum absolute atomic E-state index is 0.0759. The molecular weight excluding hydrogens is 496 g/mol. The van der Waals surface area contributed by atoms with Crippen molar-refractivity contribution >= 4 is 17.9 Å². The summed E-state index contributed by atoms with van der Waals surface area (Å²) in [5.74, 6) is 0.157. The molecular formula is C30H26N4O5. The van der Waals surface area contributed by atoms with E-state index in [1.807, 2.05) is 49.4 Å². The molecule has 4 aromatic rings. The second-order valence-electron chi connectivity index (χ2n) is 9.04. The average Bonchev–Trinajstić information content (AvgIpc) is 3.40. The number of furan rings is 1. The number of ether oxygens (including phenoxy) is 1. The SMILES string of the molecule is CC(=O)Oc1coc(-c2cccc(C/C=C3/C(=O)N(Cc4ccccn4)C(=O)N3Cc3ccccn3)c2)c1C. The molecule has 0 atom stereocenters. The molecule has 1 aliphatic rings. The van der Waals surface area contributed by atoms with E-state index < -0.39 is 12.0 Å². The highest BCUT2D eigenvalue weighted by Gasteiger charge is 2.41. The number of allylic oxidation sites excluding steroid dienone is 1. The molecule has 0 bridgehead atoms. The molecule has 0 aliphatic carbocycles. The predicted molar refractivity (Wildman–Crippen MR) is 142 cm³/mol. The van der Waals surface area contributed by atoms with Gasteiger partial charge >= 0.3 is 12.0 Å². The van der Waals surface area contributed by atoms with Gasteiger partial charge in [0.1, 0.15) is 17.7 Å². The molecule has 0 unspecified atom stereocenters. The number of amides is 3. The Bertz CT molecular complexity index is 1550. The van der Waals surface area contributed by atoms with Crippen LogP contribution in [-0.2, 0) is 29.1 Å². The summed E-state index contributed by atoms with van der Waals surface area (Å²) in [6.45, 7) is 3.40. The van der Waals surface area contributed by atoms with Gasteiger partial charge in [-0.15, -0.1) is 0 Å². The number of rotatable bonds is 8. The lowest BCUT2D eigenvalue weighted by molar-refractivity contribution is -0.132. The number of hydrogen-bond acceptors (Lipinski definition) is 7. The van der Waals surface area contributed by atoms with Crippen LogP contribution < -0.4 is 4.74 Å². The normalized spacial score (nSPS) is 14.4. The molecule has 1 aromatic carbocycles. The third kappa shape index (κ3) is 5.62. The standard InChI is InChI=1S/C30H26N4O5/c1-20-27(39-21(2)35)19-38-28(20)23-9-7-8-22(16-23)12-13-26-29(36)34(18-25-11-4-6-15-32-25)30(37)33(26)17-24-10-3-5-14-31-24/h3-11,13-16,19H,12,17-18H2,1-2H3/b26-13-. The van der Waals surface area contributed by atoms with Crippen molar-refractivity contribution < 1.29 is 23.5 Å². The van der Waals surface area contributed by atoms with Gasteiger partial charge in [-0.3, -0.25) is 29.4 Å². The second kappa shape index (κ2) is 11.1. The monoisotopic (exact) mass is 522 g/mol. The van der Waals surface area contributed by atoms with Gasteiger partial charge in [-0.1, -0.05) is 36.4 Å². The van der Waals surface area contributed by atoms with E-state index in [2.05, 4.69) is 9.97 Å². The van der Waals surface area contributed by atoms with Crippen molar-refractivity contribution in [3.05, 3.63) is 114 Å². The van der Waals surface area contributed by atoms with E-state index in [0.717, 1.165) is 11.1 Å². The van der Waals surface area contributed by atoms with Crippen molar-refractivity contribution in [2.24, 2.45) is 0 Å². The number of hydrogen-bond donors (Lipinski definition) is 0. The number of pyridine rings is 2. The maximum Gasteiger partial charge on any atom is 0.332 e. The largest absolute Gasteiger partial charge is 0.460 e. The molecule has 1 aliphatic heterocycles. The lowest BCUT2D eigenvalue weighted by Gasteiger charge is -2.16. The van der Waals surface area contributed by atoms with E-state index in [0.29, 0.717) is 40.6 Å². The van der Waals surface area contributed by atoms with E-state index in [-0.39, 0.29) is 19.0 Å². The van der Waals surface area contributed by atoms with Gasteiger partial charge in [0.2, 0.25) is 0 Å². The van der Waals surface area contributed by atoms with Crippen LogP contribution in [0.4, 0.5) is 4.79 Å². The number of esters is 1. The molecule has 0 N–H and O–H groups in total. The van der Waals surface area contributed by atoms with Crippen LogP contribution in [0.3, 0.4) is 0 Å². The molecule has 1 fully saturated rings. The molecule has 9 nitrogen and oxygen atoms in total. The predicted octanol–water partition coefficient (Wildman–Crippen LogP) is 5.06. The number of urea groups is 1. The Labute approximate surface area is 225 Å². The minimum Gasteiger partial charge on any atom is -0.460 e. The Morgan fingerprint density at radius 1 is 0.949 bits per heavy atom. The summed E-state index contributed by atoms with van der Waals surface area (Å²) in [5.41, 5.74) is 4.00. The first-order valence-electron chi connectivity index (χ1n) is 12.4. The smallest absolute Gasteiger partial charge is 0.332 e. The van der Waals surface area contributed by atoms with Crippen LogP contribution in [0.5, 0.6) is 5.75 Å². The summed E-state index contributed by atoms with van der Waals surface area (Å²) in [5, 5.41) is 0. The topological polar surface area (TPSA) is 106 Å². The quantitative estimate of drug-likeness (QED) is 0.181. The van der Waals surface area contributed by atoms with Crippen LogP contribution in [-0.4, -0.2) is 37.7 Å². The first-order chi connectivity index (χ1) is 18.9. The maximum absolute atomic E-state index is 13.5. The first kappa shape index (κ1) is 25.6. The summed E-state index contributed by atoms with van der Waals surface area (Å²) in [4.78, 5) is 49.5. The molecule has 0 radical (unpaired) electrons. The Kier molecular flexibility index (Phi) is 7.31. The zero-order valence-corrected chi connectivity index (χ0v) is 21.5. The molecule has 39 heavy (non-hydrogen) atoms. The molecule has 0 saturated carbocycles. The lowest BCUT2D eigenvalue weighted by atomic mass is 10.0. The zero-order chi connectivity index (χ0) is 27.4. The van der Waals surface area contributed by atoms with Crippen molar-refractivity contribution in [3.8, 4) is 17.1 Å². The van der Waals surface area contributed by atoms with Crippen molar-refractivity contribution in [2.75, 3.05) is 0 Å². The Hall–Kier alpha value is -5.05. The third-order valence-electron chi connectivity index (χ3n) is 6.28. The Balaban J connectivity index is 1.42. The summed E-state index contributed by atoms with van der Waals surface area (Å²) in [7, 11) is 0. The molecule has 196 valence electrons. The van der Waals surface area contributed by atoms with Crippen molar-refractivity contribution in [1.29, 1.82) is 0 Å². The summed E-state index contributed by atoms with van der Waals surface area (Å²) >= 11 is 0. The van der Waals surface area contributed by atoms with Crippen LogP contribution in [0.15, 0.2) is 95.5 Å². The van der Waals surface area contributed by atoms with Gasteiger partial charge in [-0.05, 0) is 49.2 Å². The molecule has 3 amide bonds. The summed E-state index contributed by atoms with van der Waals surface area (Å²) in [6, 6.07) is 18.1. The molecule has 1 saturated heterocycles. The van der Waals surface area contributed by atoms with Crippen LogP contribution in [0.2, 0.25) is 0 Å². The number of aromatic nitrogens is 2.